The molecule has 0 spiro atoms. The molecule has 5 nitrogen and oxygen atoms in total. The summed E-state index contributed by atoms with van der Waals surface area (Å²) in [6, 6.07) is 30.6. The molecule has 0 fully saturated rings. The van der Waals surface area contributed by atoms with Crippen LogP contribution in [0.5, 0.6) is 0 Å². The van der Waals surface area contributed by atoms with Crippen LogP contribution < -0.4 is 4.90 Å². The topological polar surface area (TPSA) is 54.8 Å². The highest BCUT2D eigenvalue weighted by atomic mass is 15.2. The van der Waals surface area contributed by atoms with Gasteiger partial charge in [0.2, 0.25) is 0 Å². The molecule has 2 heterocycles. The smallest absolute Gasteiger partial charge is 0.116 e. The number of benzene rings is 6. The van der Waals surface area contributed by atoms with Gasteiger partial charge in [0.1, 0.15) is 12.7 Å². The van der Waals surface area contributed by atoms with Crippen molar-refractivity contribution in [3.63, 3.8) is 0 Å². The summed E-state index contributed by atoms with van der Waals surface area (Å²) < 4.78 is 0. The summed E-state index contributed by atoms with van der Waals surface area (Å²) >= 11 is 0. The highest BCUT2D eigenvalue weighted by Gasteiger charge is 2.22. The molecule has 8 rings (SSSR count). The van der Waals surface area contributed by atoms with Gasteiger partial charge in [0, 0.05) is 28.6 Å². The lowest BCUT2D eigenvalue weighted by atomic mass is 9.88. The molecule has 0 saturated heterocycles. The summed E-state index contributed by atoms with van der Waals surface area (Å²) in [5, 5.41) is 9.58. The molecule has 190 valence electrons. The molecule has 0 aliphatic rings. The average molecular weight is 516 g/mol. The molecule has 40 heavy (non-hydrogen) atoms. The van der Waals surface area contributed by atoms with E-state index in [1.54, 1.807) is 12.7 Å². The molecule has 0 saturated carbocycles. The normalized spacial score (nSPS) is 12.0. The molecule has 0 aliphatic heterocycles. The Kier molecular flexibility index (Phi) is 4.95. The first kappa shape index (κ1) is 22.8. The average Bonchev–Trinajstić information content (AvgIpc) is 3.00. The zero-order valence-corrected chi connectivity index (χ0v) is 22.2. The van der Waals surface area contributed by atoms with Crippen LogP contribution in [0.25, 0.3) is 54.1 Å². The maximum absolute atomic E-state index is 4.57. The lowest BCUT2D eigenvalue weighted by Gasteiger charge is -2.29. The number of hydrogen-bond acceptors (Lipinski definition) is 5. The van der Waals surface area contributed by atoms with E-state index in [0.29, 0.717) is 5.92 Å². The van der Waals surface area contributed by atoms with Gasteiger partial charge in [-0.15, -0.1) is 0 Å². The van der Waals surface area contributed by atoms with Gasteiger partial charge in [-0.3, -0.25) is 0 Å². The van der Waals surface area contributed by atoms with E-state index in [1.807, 2.05) is 24.5 Å². The Morgan fingerprint density at radius 3 is 1.68 bits per heavy atom. The fraction of sp³-hybridized carbons (Fsp3) is 0.0857. The molecule has 0 radical (unpaired) electrons. The lowest BCUT2D eigenvalue weighted by Crippen LogP contribution is -2.12. The van der Waals surface area contributed by atoms with E-state index in [-0.39, 0.29) is 0 Å². The van der Waals surface area contributed by atoms with Crippen LogP contribution in [0.2, 0.25) is 0 Å². The highest BCUT2D eigenvalue weighted by molar-refractivity contribution is 6.26. The van der Waals surface area contributed by atoms with E-state index in [4.69, 9.17) is 0 Å². The Morgan fingerprint density at radius 1 is 0.525 bits per heavy atom. The Morgan fingerprint density at radius 2 is 1.05 bits per heavy atom. The van der Waals surface area contributed by atoms with Crippen molar-refractivity contribution in [3.05, 3.63) is 116 Å². The number of rotatable bonds is 4. The number of nitrogens with zero attached hydrogens (tertiary/aromatic N) is 5. The third kappa shape index (κ3) is 3.27. The predicted octanol–water partition coefficient (Wildman–Crippen LogP) is 9.06. The lowest BCUT2D eigenvalue weighted by molar-refractivity contribution is 0.877. The van der Waals surface area contributed by atoms with Crippen LogP contribution in [0, 0.1) is 0 Å². The minimum absolute atomic E-state index is 0.437. The van der Waals surface area contributed by atoms with E-state index in [1.165, 1.54) is 37.9 Å². The first-order chi connectivity index (χ1) is 19.7. The van der Waals surface area contributed by atoms with Crippen molar-refractivity contribution in [2.24, 2.45) is 0 Å². The van der Waals surface area contributed by atoms with E-state index in [9.17, 15) is 0 Å². The summed E-state index contributed by atoms with van der Waals surface area (Å²) in [5.74, 6) is 0.437. The predicted molar refractivity (Wildman–Crippen MR) is 165 cm³/mol. The summed E-state index contributed by atoms with van der Waals surface area (Å²) in [7, 11) is 0. The molecule has 0 bridgehead atoms. The second-order valence-electron chi connectivity index (χ2n) is 10.6. The van der Waals surface area contributed by atoms with Gasteiger partial charge in [0.15, 0.2) is 0 Å². The molecule has 0 N–H and O–H groups in total. The first-order valence-electron chi connectivity index (χ1n) is 13.6. The van der Waals surface area contributed by atoms with Gasteiger partial charge in [-0.25, -0.2) is 19.9 Å². The van der Waals surface area contributed by atoms with E-state index in [0.717, 1.165) is 38.9 Å². The molecule has 0 unspecified atom stereocenters. The van der Waals surface area contributed by atoms with Gasteiger partial charge in [-0.2, -0.15) is 0 Å². The Labute approximate surface area is 231 Å². The highest BCUT2D eigenvalue weighted by Crippen LogP contribution is 2.47. The minimum Gasteiger partial charge on any atom is -0.308 e. The monoisotopic (exact) mass is 515 g/mol. The van der Waals surface area contributed by atoms with E-state index in [2.05, 4.69) is 111 Å². The first-order valence-corrected chi connectivity index (χ1v) is 13.6. The van der Waals surface area contributed by atoms with Gasteiger partial charge in [-0.1, -0.05) is 68.4 Å². The number of anilines is 3. The fourth-order valence-electron chi connectivity index (χ4n) is 6.26. The third-order valence-electron chi connectivity index (χ3n) is 8.07. The Hall–Kier alpha value is -5.16. The van der Waals surface area contributed by atoms with Gasteiger partial charge >= 0.3 is 0 Å². The van der Waals surface area contributed by atoms with Crippen molar-refractivity contribution < 1.29 is 0 Å². The molecule has 8 aromatic rings. The molecule has 2 aromatic heterocycles. The van der Waals surface area contributed by atoms with Crippen LogP contribution in [0.1, 0.15) is 25.3 Å². The zero-order valence-electron chi connectivity index (χ0n) is 22.2. The molecule has 0 amide bonds. The van der Waals surface area contributed by atoms with Crippen LogP contribution in [0.15, 0.2) is 110 Å². The molecule has 0 aliphatic carbocycles. The second-order valence-corrected chi connectivity index (χ2v) is 10.6. The van der Waals surface area contributed by atoms with Crippen molar-refractivity contribution in [2.45, 2.75) is 19.8 Å². The van der Waals surface area contributed by atoms with Crippen LogP contribution in [0.3, 0.4) is 0 Å². The van der Waals surface area contributed by atoms with Crippen molar-refractivity contribution in [2.75, 3.05) is 4.90 Å². The maximum Gasteiger partial charge on any atom is 0.116 e. The van der Waals surface area contributed by atoms with Gasteiger partial charge < -0.3 is 4.90 Å². The maximum atomic E-state index is 4.57. The van der Waals surface area contributed by atoms with Crippen molar-refractivity contribution in [1.29, 1.82) is 0 Å². The Balaban J connectivity index is 1.52. The number of aromatic nitrogens is 4. The molecule has 6 aromatic carbocycles. The quantitative estimate of drug-likeness (QED) is 0.219. The summed E-state index contributed by atoms with van der Waals surface area (Å²) in [6.07, 6.45) is 7.00. The van der Waals surface area contributed by atoms with Gasteiger partial charge in [-0.05, 0) is 68.7 Å². The molecule has 0 atom stereocenters. The Bertz CT molecular complexity index is 2130. The van der Waals surface area contributed by atoms with E-state index >= 15 is 0 Å². The standard InChI is InChI=1S/C35H25N5/c1-21(2)24-13-9-22-11-15-26-33(16-12-23-10-14-25(24)34(22)35(23)26)40(31-7-3-5-29-27(31)17-36-19-38-29)32-8-4-6-30-28(32)18-37-20-39-30/h3-21H,1-2H3. The summed E-state index contributed by atoms with van der Waals surface area (Å²) in [6.45, 7) is 4.54. The second kappa shape index (κ2) is 8.68. The summed E-state index contributed by atoms with van der Waals surface area (Å²) in [4.78, 5) is 20.3. The van der Waals surface area contributed by atoms with Crippen molar-refractivity contribution in [3.8, 4) is 0 Å². The van der Waals surface area contributed by atoms with E-state index < -0.39 is 0 Å². The number of hydrogen-bond donors (Lipinski definition) is 0. The molecule has 5 heteroatoms. The van der Waals surface area contributed by atoms with Gasteiger partial charge in [0.05, 0.1) is 28.1 Å². The molecular formula is C35H25N5. The van der Waals surface area contributed by atoms with Gasteiger partial charge in [0.25, 0.3) is 0 Å². The number of fused-ring (bicyclic) bond motifs is 2. The van der Waals surface area contributed by atoms with Crippen LogP contribution >= 0.6 is 0 Å². The summed E-state index contributed by atoms with van der Waals surface area (Å²) in [5.41, 5.74) is 6.27. The minimum atomic E-state index is 0.437. The SMILES string of the molecule is CC(C)c1ccc2ccc3c(N(c4cccc5ncncc45)c4cccc5ncncc45)ccc4ccc1c2c43. The zero-order chi connectivity index (χ0) is 26.8. The molecular weight excluding hydrogens is 490 g/mol. The van der Waals surface area contributed by atoms with Crippen LogP contribution in [0.4, 0.5) is 17.1 Å². The van der Waals surface area contributed by atoms with Crippen LogP contribution in [-0.4, -0.2) is 19.9 Å². The van der Waals surface area contributed by atoms with Crippen LogP contribution in [-0.2, 0) is 0 Å². The third-order valence-corrected chi connectivity index (χ3v) is 8.07. The van der Waals surface area contributed by atoms with Crippen molar-refractivity contribution in [1.82, 2.24) is 19.9 Å². The van der Waals surface area contributed by atoms with Crippen molar-refractivity contribution >= 4 is 71.2 Å². The fourth-order valence-corrected chi connectivity index (χ4v) is 6.26. The largest absolute Gasteiger partial charge is 0.308 e.